The van der Waals surface area contributed by atoms with Crippen LogP contribution in [0.4, 0.5) is 0 Å². The van der Waals surface area contributed by atoms with E-state index < -0.39 is 0 Å². The number of aliphatic hydroxyl groups excluding tert-OH is 1. The lowest BCUT2D eigenvalue weighted by molar-refractivity contribution is 0.0241. The minimum absolute atomic E-state index is 0.0610. The molecule has 0 bridgehead atoms. The van der Waals surface area contributed by atoms with Gasteiger partial charge in [0.05, 0.1) is 12.1 Å². The highest BCUT2D eigenvalue weighted by Crippen LogP contribution is 2.40. The van der Waals surface area contributed by atoms with Crippen LogP contribution in [0.3, 0.4) is 0 Å². The van der Waals surface area contributed by atoms with Gasteiger partial charge in [0.25, 0.3) is 5.91 Å². The number of nitrogens with one attached hydrogen (secondary N) is 1. The van der Waals surface area contributed by atoms with Crippen LogP contribution in [-0.4, -0.2) is 30.3 Å². The molecule has 2 heterocycles. The largest absolute Gasteiger partial charge is 0.486 e. The number of hydrogen-bond acceptors (Lipinski definition) is 5. The molecule has 1 aromatic heterocycles. The van der Waals surface area contributed by atoms with Crippen LogP contribution in [0.2, 0.25) is 0 Å². The Morgan fingerprint density at radius 2 is 2.00 bits per heavy atom. The highest BCUT2D eigenvalue weighted by atomic mass is 32.1. The van der Waals surface area contributed by atoms with Gasteiger partial charge < -0.3 is 19.9 Å². The summed E-state index contributed by atoms with van der Waals surface area (Å²) >= 11 is 1.63. The summed E-state index contributed by atoms with van der Waals surface area (Å²) in [5, 5.41) is 14.7. The van der Waals surface area contributed by atoms with Crippen LogP contribution in [0.5, 0.6) is 11.5 Å². The lowest BCUT2D eigenvalue weighted by Crippen LogP contribution is -2.41. The van der Waals surface area contributed by atoms with Crippen molar-refractivity contribution in [3.05, 3.63) is 46.2 Å². The zero-order valence-corrected chi connectivity index (χ0v) is 13.9. The summed E-state index contributed by atoms with van der Waals surface area (Å²) in [5.74, 6) is 1.43. The van der Waals surface area contributed by atoms with Gasteiger partial charge in [-0.2, -0.15) is 0 Å². The Bertz CT molecular complexity index is 725. The molecule has 126 valence electrons. The molecule has 0 saturated heterocycles. The number of fused-ring (bicyclic) bond motifs is 1. The maximum atomic E-state index is 12.7. The molecule has 6 heteroatoms. The predicted molar refractivity (Wildman–Crippen MR) is 90.7 cm³/mol. The Hall–Kier alpha value is -2.05. The highest BCUT2D eigenvalue weighted by Gasteiger charge is 2.36. The minimum atomic E-state index is -0.247. The van der Waals surface area contributed by atoms with Gasteiger partial charge in [0, 0.05) is 10.4 Å². The smallest absolute Gasteiger partial charge is 0.251 e. The summed E-state index contributed by atoms with van der Waals surface area (Å²) < 4.78 is 11.0. The van der Waals surface area contributed by atoms with Crippen molar-refractivity contribution >= 4 is 17.2 Å². The van der Waals surface area contributed by atoms with Crippen LogP contribution in [0.15, 0.2) is 35.7 Å². The van der Waals surface area contributed by atoms with Crippen molar-refractivity contribution in [1.29, 1.82) is 0 Å². The summed E-state index contributed by atoms with van der Waals surface area (Å²) in [7, 11) is 0. The number of aliphatic hydroxyl groups is 1. The Morgan fingerprint density at radius 1 is 1.21 bits per heavy atom. The first-order chi connectivity index (χ1) is 11.7. The summed E-state index contributed by atoms with van der Waals surface area (Å²) in [6.45, 7) is 1.03. The van der Waals surface area contributed by atoms with Gasteiger partial charge in [-0.05, 0) is 48.4 Å². The first kappa shape index (κ1) is 15.5. The van der Waals surface area contributed by atoms with Crippen molar-refractivity contribution in [3.63, 3.8) is 0 Å². The number of rotatable bonds is 4. The van der Waals surface area contributed by atoms with Crippen molar-refractivity contribution in [2.75, 3.05) is 13.2 Å². The monoisotopic (exact) mass is 345 g/mol. The molecule has 1 aliphatic heterocycles. The van der Waals surface area contributed by atoms with E-state index in [0.29, 0.717) is 30.3 Å². The standard InChI is InChI=1S/C18H19NO4S/c20-13-8-12(9-13)17(16-2-1-7-24-16)19-18(21)11-3-4-14-15(10-11)23-6-5-22-14/h1-4,7,10,12-13,17,20H,5-6,8-9H2,(H,19,21). The lowest BCUT2D eigenvalue weighted by atomic mass is 9.76. The maximum absolute atomic E-state index is 12.7. The third-order valence-corrected chi connectivity index (χ3v) is 5.52. The molecule has 0 radical (unpaired) electrons. The summed E-state index contributed by atoms with van der Waals surface area (Å²) in [5.41, 5.74) is 0.556. The summed E-state index contributed by atoms with van der Waals surface area (Å²) in [4.78, 5) is 13.8. The fourth-order valence-electron chi connectivity index (χ4n) is 3.20. The molecule has 2 N–H and O–H groups in total. The quantitative estimate of drug-likeness (QED) is 0.894. The van der Waals surface area contributed by atoms with Gasteiger partial charge in [0.2, 0.25) is 0 Å². The van der Waals surface area contributed by atoms with Crippen LogP contribution in [0.1, 0.15) is 34.1 Å². The summed E-state index contributed by atoms with van der Waals surface area (Å²) in [6, 6.07) is 9.21. The van der Waals surface area contributed by atoms with Crippen molar-refractivity contribution < 1.29 is 19.4 Å². The molecule has 4 rings (SSSR count). The Morgan fingerprint density at radius 3 is 2.71 bits per heavy atom. The Labute approximate surface area is 144 Å². The molecular weight excluding hydrogens is 326 g/mol. The second-order valence-corrected chi connectivity index (χ2v) is 7.19. The third-order valence-electron chi connectivity index (χ3n) is 4.56. The van der Waals surface area contributed by atoms with Crippen molar-refractivity contribution in [1.82, 2.24) is 5.32 Å². The van der Waals surface area contributed by atoms with E-state index >= 15 is 0 Å². The molecule has 1 aromatic carbocycles. The number of hydrogen-bond donors (Lipinski definition) is 2. The van der Waals surface area contributed by atoms with E-state index in [1.807, 2.05) is 17.5 Å². The number of carbonyl (C=O) groups is 1. The van der Waals surface area contributed by atoms with Gasteiger partial charge in [-0.1, -0.05) is 6.07 Å². The van der Waals surface area contributed by atoms with Gasteiger partial charge >= 0.3 is 0 Å². The molecule has 1 fully saturated rings. The van der Waals surface area contributed by atoms with E-state index in [4.69, 9.17) is 9.47 Å². The van der Waals surface area contributed by atoms with Gasteiger partial charge in [-0.15, -0.1) is 11.3 Å². The van der Waals surface area contributed by atoms with E-state index in [1.165, 1.54) is 0 Å². The maximum Gasteiger partial charge on any atom is 0.251 e. The van der Waals surface area contributed by atoms with E-state index in [0.717, 1.165) is 17.7 Å². The van der Waals surface area contributed by atoms with Crippen molar-refractivity contribution in [3.8, 4) is 11.5 Å². The number of amides is 1. The molecule has 5 nitrogen and oxygen atoms in total. The van der Waals surface area contributed by atoms with Gasteiger partial charge in [-0.25, -0.2) is 0 Å². The number of thiophene rings is 1. The first-order valence-electron chi connectivity index (χ1n) is 8.12. The van der Waals surface area contributed by atoms with Crippen LogP contribution in [0, 0.1) is 5.92 Å². The second-order valence-electron chi connectivity index (χ2n) is 6.21. The molecule has 2 aliphatic rings. The summed E-state index contributed by atoms with van der Waals surface area (Å²) in [6.07, 6.45) is 1.21. The predicted octanol–water partition coefficient (Wildman–Crippen LogP) is 2.76. The zero-order valence-electron chi connectivity index (χ0n) is 13.1. The molecule has 1 amide bonds. The fourth-order valence-corrected chi connectivity index (χ4v) is 4.07. The molecule has 1 aliphatic carbocycles. The van der Waals surface area contributed by atoms with Crippen LogP contribution in [0.25, 0.3) is 0 Å². The molecule has 1 unspecified atom stereocenters. The number of carbonyl (C=O) groups excluding carboxylic acids is 1. The zero-order chi connectivity index (χ0) is 16.5. The normalized spacial score (nSPS) is 23.2. The highest BCUT2D eigenvalue weighted by molar-refractivity contribution is 7.10. The molecule has 2 aromatic rings. The van der Waals surface area contributed by atoms with E-state index in [-0.39, 0.29) is 24.0 Å². The van der Waals surface area contributed by atoms with Gasteiger partial charge in [0.15, 0.2) is 11.5 Å². The molecule has 1 atom stereocenters. The molecule has 24 heavy (non-hydrogen) atoms. The SMILES string of the molecule is O=C(NC(c1cccs1)C1CC(O)C1)c1ccc2c(c1)OCCO2. The van der Waals surface area contributed by atoms with Crippen LogP contribution < -0.4 is 14.8 Å². The van der Waals surface area contributed by atoms with E-state index in [1.54, 1.807) is 29.5 Å². The third kappa shape index (κ3) is 2.99. The number of benzene rings is 1. The lowest BCUT2D eigenvalue weighted by Gasteiger charge is -2.37. The van der Waals surface area contributed by atoms with E-state index in [9.17, 15) is 9.90 Å². The molecule has 1 saturated carbocycles. The van der Waals surface area contributed by atoms with Gasteiger partial charge in [-0.3, -0.25) is 4.79 Å². The first-order valence-corrected chi connectivity index (χ1v) is 9.00. The van der Waals surface area contributed by atoms with E-state index in [2.05, 4.69) is 5.32 Å². The average Bonchev–Trinajstić information content (AvgIpc) is 3.11. The van der Waals surface area contributed by atoms with Crippen molar-refractivity contribution in [2.24, 2.45) is 5.92 Å². The van der Waals surface area contributed by atoms with Crippen molar-refractivity contribution in [2.45, 2.75) is 25.0 Å². The molecule has 0 spiro atoms. The fraction of sp³-hybridized carbons (Fsp3) is 0.389. The molecular formula is C18H19NO4S. The second kappa shape index (κ2) is 6.45. The van der Waals surface area contributed by atoms with Crippen LogP contribution >= 0.6 is 11.3 Å². The average molecular weight is 345 g/mol. The van der Waals surface area contributed by atoms with Crippen LogP contribution in [-0.2, 0) is 0 Å². The van der Waals surface area contributed by atoms with Gasteiger partial charge in [0.1, 0.15) is 13.2 Å². The Kier molecular flexibility index (Phi) is 4.16. The number of ether oxygens (including phenoxy) is 2. The topological polar surface area (TPSA) is 67.8 Å². The Balaban J connectivity index is 1.52. The minimum Gasteiger partial charge on any atom is -0.486 e.